The molecule has 1 aromatic rings. The first-order valence-electron chi connectivity index (χ1n) is 7.24. The molecule has 0 bridgehead atoms. The molecule has 0 aliphatic carbocycles. The van der Waals surface area contributed by atoms with Crippen LogP contribution in [0.5, 0.6) is 0 Å². The lowest BCUT2D eigenvalue weighted by Crippen LogP contribution is -2.50. The normalized spacial score (nSPS) is 16.5. The largest absolute Gasteiger partial charge is 0.444 e. The summed E-state index contributed by atoms with van der Waals surface area (Å²) in [6, 6.07) is 2.32. The van der Waals surface area contributed by atoms with Crippen LogP contribution in [0.2, 0.25) is 0 Å². The fraction of sp³-hybridized carbons (Fsp3) is 0.500. The third-order valence-corrected chi connectivity index (χ3v) is 3.21. The van der Waals surface area contributed by atoms with Gasteiger partial charge >= 0.3 is 12.3 Å². The van der Waals surface area contributed by atoms with Gasteiger partial charge in [0.25, 0.3) is 0 Å². The standard InChI is InChI=1S/C16H19F3N2O2/c1-15(2,3)23-14(22)21-9-11(10-21)4-6-13-7-5-12(8-20-13)16(17,18)19/h4-8,11H,9-10H2,1-3H3/b6-4+. The molecular weight excluding hydrogens is 309 g/mol. The fourth-order valence-electron chi connectivity index (χ4n) is 2.02. The smallest absolute Gasteiger partial charge is 0.417 e. The molecule has 0 aromatic carbocycles. The second-order valence-electron chi connectivity index (χ2n) is 6.47. The number of hydrogen-bond donors (Lipinski definition) is 0. The quantitative estimate of drug-likeness (QED) is 0.825. The summed E-state index contributed by atoms with van der Waals surface area (Å²) < 4.78 is 42.5. The molecule has 1 amide bonds. The van der Waals surface area contributed by atoms with E-state index in [0.29, 0.717) is 18.8 Å². The van der Waals surface area contributed by atoms with Crippen LogP contribution in [0.15, 0.2) is 24.4 Å². The number of carbonyl (C=O) groups excluding carboxylic acids is 1. The van der Waals surface area contributed by atoms with Crippen molar-refractivity contribution in [3.63, 3.8) is 0 Å². The maximum atomic E-state index is 12.4. The molecule has 1 aliphatic rings. The molecule has 0 radical (unpaired) electrons. The first-order valence-corrected chi connectivity index (χ1v) is 7.24. The van der Waals surface area contributed by atoms with Gasteiger partial charge < -0.3 is 9.64 Å². The minimum absolute atomic E-state index is 0.159. The fourth-order valence-corrected chi connectivity index (χ4v) is 2.02. The predicted molar refractivity (Wildman–Crippen MR) is 79.6 cm³/mol. The van der Waals surface area contributed by atoms with Crippen LogP contribution >= 0.6 is 0 Å². The number of likely N-dealkylation sites (tertiary alicyclic amines) is 1. The summed E-state index contributed by atoms with van der Waals surface area (Å²) in [7, 11) is 0. The number of nitrogens with zero attached hydrogens (tertiary/aromatic N) is 2. The van der Waals surface area contributed by atoms with Gasteiger partial charge in [0.05, 0.1) is 11.3 Å². The van der Waals surface area contributed by atoms with Crippen molar-refractivity contribution in [2.75, 3.05) is 13.1 Å². The van der Waals surface area contributed by atoms with Crippen LogP contribution in [-0.4, -0.2) is 34.7 Å². The Morgan fingerprint density at radius 1 is 1.30 bits per heavy atom. The van der Waals surface area contributed by atoms with Crippen LogP contribution < -0.4 is 0 Å². The molecule has 0 spiro atoms. The van der Waals surface area contributed by atoms with Gasteiger partial charge in [-0.25, -0.2) is 4.79 Å². The highest BCUT2D eigenvalue weighted by molar-refractivity contribution is 5.69. The summed E-state index contributed by atoms with van der Waals surface area (Å²) in [4.78, 5) is 17.1. The van der Waals surface area contributed by atoms with Crippen LogP contribution in [0.25, 0.3) is 6.08 Å². The number of aromatic nitrogens is 1. The van der Waals surface area contributed by atoms with E-state index in [2.05, 4.69) is 4.98 Å². The zero-order valence-corrected chi connectivity index (χ0v) is 13.2. The maximum Gasteiger partial charge on any atom is 0.417 e. The van der Waals surface area contributed by atoms with Crippen molar-refractivity contribution < 1.29 is 22.7 Å². The molecule has 0 saturated carbocycles. The summed E-state index contributed by atoms with van der Waals surface area (Å²) >= 11 is 0. The van der Waals surface area contributed by atoms with E-state index in [9.17, 15) is 18.0 Å². The third kappa shape index (κ3) is 4.97. The lowest BCUT2D eigenvalue weighted by molar-refractivity contribution is -0.137. The maximum absolute atomic E-state index is 12.4. The molecule has 1 saturated heterocycles. The average molecular weight is 328 g/mol. The first kappa shape index (κ1) is 17.3. The van der Waals surface area contributed by atoms with E-state index >= 15 is 0 Å². The van der Waals surface area contributed by atoms with E-state index in [1.807, 2.05) is 6.08 Å². The molecule has 0 atom stereocenters. The number of rotatable bonds is 2. The summed E-state index contributed by atoms with van der Waals surface area (Å²) in [6.45, 7) is 6.48. The minimum atomic E-state index is -4.38. The van der Waals surface area contributed by atoms with Gasteiger partial charge in [0.15, 0.2) is 0 Å². The second-order valence-corrected chi connectivity index (χ2v) is 6.47. The van der Waals surface area contributed by atoms with Crippen molar-refractivity contribution in [2.45, 2.75) is 32.5 Å². The van der Waals surface area contributed by atoms with Gasteiger partial charge in [-0.15, -0.1) is 0 Å². The van der Waals surface area contributed by atoms with E-state index < -0.39 is 17.3 Å². The number of hydrogen-bond acceptors (Lipinski definition) is 3. The zero-order valence-electron chi connectivity index (χ0n) is 13.2. The van der Waals surface area contributed by atoms with Crippen LogP contribution in [0.1, 0.15) is 32.0 Å². The molecule has 126 valence electrons. The zero-order chi connectivity index (χ0) is 17.3. The van der Waals surface area contributed by atoms with Crippen molar-refractivity contribution in [3.05, 3.63) is 35.7 Å². The van der Waals surface area contributed by atoms with Crippen molar-refractivity contribution in [3.8, 4) is 0 Å². The van der Waals surface area contributed by atoms with E-state index in [0.717, 1.165) is 12.3 Å². The molecule has 0 N–H and O–H groups in total. The molecule has 2 rings (SSSR count). The third-order valence-electron chi connectivity index (χ3n) is 3.21. The Balaban J connectivity index is 1.83. The monoisotopic (exact) mass is 328 g/mol. The van der Waals surface area contributed by atoms with Crippen LogP contribution in [0, 0.1) is 5.92 Å². The molecule has 1 aliphatic heterocycles. The molecule has 23 heavy (non-hydrogen) atoms. The Kier molecular flexibility index (Phi) is 4.68. The van der Waals surface area contributed by atoms with Crippen molar-refractivity contribution in [1.82, 2.24) is 9.88 Å². The molecule has 2 heterocycles. The molecule has 0 unspecified atom stereocenters. The summed E-state index contributed by atoms with van der Waals surface area (Å²) in [6.07, 6.45) is -0.409. The lowest BCUT2D eigenvalue weighted by Gasteiger charge is -2.38. The Morgan fingerprint density at radius 3 is 2.43 bits per heavy atom. The van der Waals surface area contributed by atoms with Gasteiger partial charge in [-0.2, -0.15) is 13.2 Å². The van der Waals surface area contributed by atoms with E-state index in [1.165, 1.54) is 6.07 Å². The molecular formula is C16H19F3N2O2. The van der Waals surface area contributed by atoms with Gasteiger partial charge in [-0.05, 0) is 39.0 Å². The Bertz CT molecular complexity index is 583. The topological polar surface area (TPSA) is 42.4 Å². The molecule has 1 fully saturated rings. The average Bonchev–Trinajstić information content (AvgIpc) is 2.34. The number of halogens is 3. The van der Waals surface area contributed by atoms with Crippen LogP contribution in [0.4, 0.5) is 18.0 Å². The Labute approximate surface area is 133 Å². The molecule has 7 heteroatoms. The highest BCUT2D eigenvalue weighted by atomic mass is 19.4. The molecule has 4 nitrogen and oxygen atoms in total. The number of carbonyl (C=O) groups is 1. The summed E-state index contributed by atoms with van der Waals surface area (Å²) in [5.41, 5.74) is -0.842. The van der Waals surface area contributed by atoms with Crippen LogP contribution in [0.3, 0.4) is 0 Å². The SMILES string of the molecule is CC(C)(C)OC(=O)N1CC(/C=C/c2ccc(C(F)(F)F)cn2)C1. The Hall–Kier alpha value is -2.05. The van der Waals surface area contributed by atoms with Crippen LogP contribution in [-0.2, 0) is 10.9 Å². The highest BCUT2D eigenvalue weighted by Crippen LogP contribution is 2.28. The predicted octanol–water partition coefficient (Wildman–Crippen LogP) is 3.98. The van der Waals surface area contributed by atoms with Crippen molar-refractivity contribution in [1.29, 1.82) is 0 Å². The van der Waals surface area contributed by atoms with Crippen molar-refractivity contribution in [2.24, 2.45) is 5.92 Å². The first-order chi connectivity index (χ1) is 10.5. The number of pyridine rings is 1. The van der Waals surface area contributed by atoms with Gasteiger partial charge in [0.2, 0.25) is 0 Å². The molecule has 1 aromatic heterocycles. The number of amides is 1. The van der Waals surface area contributed by atoms with Gasteiger partial charge in [0, 0.05) is 25.2 Å². The van der Waals surface area contributed by atoms with E-state index in [4.69, 9.17) is 4.74 Å². The number of alkyl halides is 3. The summed E-state index contributed by atoms with van der Waals surface area (Å²) in [5.74, 6) is 0.159. The van der Waals surface area contributed by atoms with Gasteiger partial charge in [0.1, 0.15) is 5.60 Å². The lowest BCUT2D eigenvalue weighted by atomic mass is 10.00. The Morgan fingerprint density at radius 2 is 1.96 bits per heavy atom. The van der Waals surface area contributed by atoms with E-state index in [-0.39, 0.29) is 12.0 Å². The minimum Gasteiger partial charge on any atom is -0.444 e. The van der Waals surface area contributed by atoms with Gasteiger partial charge in [-0.1, -0.05) is 6.08 Å². The number of ether oxygens (including phenoxy) is 1. The summed E-state index contributed by atoms with van der Waals surface area (Å²) in [5, 5.41) is 0. The highest BCUT2D eigenvalue weighted by Gasteiger charge is 2.32. The van der Waals surface area contributed by atoms with Crippen molar-refractivity contribution >= 4 is 12.2 Å². The van der Waals surface area contributed by atoms with Gasteiger partial charge in [-0.3, -0.25) is 4.98 Å². The second kappa shape index (κ2) is 6.22. The van der Waals surface area contributed by atoms with E-state index in [1.54, 1.807) is 31.7 Å².